The number of aromatic nitrogens is 5. The van der Waals surface area contributed by atoms with E-state index in [9.17, 15) is 9.18 Å². The Morgan fingerprint density at radius 2 is 2.19 bits per heavy atom. The Balaban J connectivity index is 1.74. The minimum Gasteiger partial charge on any atom is -0.383 e. The van der Waals surface area contributed by atoms with Crippen molar-refractivity contribution in [2.45, 2.75) is 12.5 Å². The van der Waals surface area contributed by atoms with Crippen LogP contribution >= 0.6 is 0 Å². The first kappa shape index (κ1) is 16.1. The van der Waals surface area contributed by atoms with Crippen molar-refractivity contribution in [2.75, 3.05) is 18.8 Å². The summed E-state index contributed by atoms with van der Waals surface area (Å²) in [6.07, 6.45) is 5.04. The fraction of sp³-hybridized carbons (Fsp3) is 0.235. The molecule has 0 aromatic carbocycles. The van der Waals surface area contributed by atoms with Gasteiger partial charge in [-0.15, -0.1) is 0 Å². The van der Waals surface area contributed by atoms with Crippen molar-refractivity contribution in [1.29, 1.82) is 0 Å². The van der Waals surface area contributed by atoms with Crippen LogP contribution in [-0.2, 0) is 4.79 Å². The molecule has 2 N–H and O–H groups in total. The van der Waals surface area contributed by atoms with Crippen LogP contribution in [0.2, 0.25) is 0 Å². The number of rotatable bonds is 3. The normalized spacial score (nSPS) is 17.0. The van der Waals surface area contributed by atoms with Crippen molar-refractivity contribution < 1.29 is 9.18 Å². The van der Waals surface area contributed by atoms with Crippen molar-refractivity contribution in [3.63, 3.8) is 0 Å². The molecule has 4 rings (SSSR count). The molecule has 0 unspecified atom stereocenters. The largest absolute Gasteiger partial charge is 0.383 e. The lowest BCUT2D eigenvalue weighted by Gasteiger charge is -2.15. The average Bonchev–Trinajstić information content (AvgIpc) is 3.28. The van der Waals surface area contributed by atoms with E-state index in [0.717, 1.165) is 6.42 Å². The first-order valence-electron chi connectivity index (χ1n) is 8.11. The highest BCUT2D eigenvalue weighted by molar-refractivity contribution is 5.88. The summed E-state index contributed by atoms with van der Waals surface area (Å²) in [6, 6.07) is 2.78. The molecule has 0 saturated carbocycles. The van der Waals surface area contributed by atoms with Gasteiger partial charge in [0.1, 0.15) is 5.82 Å². The molecule has 1 amide bonds. The van der Waals surface area contributed by atoms with E-state index < -0.39 is 5.95 Å². The highest BCUT2D eigenvalue weighted by Gasteiger charge is 2.28. The predicted octanol–water partition coefficient (Wildman–Crippen LogP) is 1.57. The summed E-state index contributed by atoms with van der Waals surface area (Å²) in [5.41, 5.74) is 7.19. The molecular weight excluding hydrogens is 337 g/mol. The van der Waals surface area contributed by atoms with Crippen LogP contribution in [0.3, 0.4) is 0 Å². The first-order chi connectivity index (χ1) is 12.6. The standard InChI is InChI=1S/C17H16FN7O/c1-2-14(26)24-6-5-11(9-24)25-17-12(8-21-25)15(19)22-16(23-17)10-3-4-13(18)20-7-10/h2-4,7-8,11H,1,5-6,9H2,(H2,19,22,23)/t11-/m0/s1. The molecule has 1 aliphatic rings. The molecular formula is C17H16FN7O. The number of hydrogen-bond acceptors (Lipinski definition) is 6. The molecule has 9 heteroatoms. The topological polar surface area (TPSA) is 103 Å². The first-order valence-corrected chi connectivity index (χ1v) is 8.11. The Morgan fingerprint density at radius 1 is 1.35 bits per heavy atom. The maximum absolute atomic E-state index is 13.1. The molecule has 132 valence electrons. The van der Waals surface area contributed by atoms with Crippen molar-refractivity contribution in [3.8, 4) is 11.4 Å². The number of hydrogen-bond donors (Lipinski definition) is 1. The number of likely N-dealkylation sites (tertiary alicyclic amines) is 1. The second-order valence-corrected chi connectivity index (χ2v) is 6.06. The molecule has 1 saturated heterocycles. The molecule has 0 spiro atoms. The quantitative estimate of drug-likeness (QED) is 0.566. The van der Waals surface area contributed by atoms with Crippen LogP contribution in [0.4, 0.5) is 10.2 Å². The van der Waals surface area contributed by atoms with Gasteiger partial charge in [-0.25, -0.2) is 19.6 Å². The van der Waals surface area contributed by atoms with E-state index in [-0.39, 0.29) is 17.8 Å². The molecule has 4 heterocycles. The van der Waals surface area contributed by atoms with Gasteiger partial charge in [-0.3, -0.25) is 4.79 Å². The summed E-state index contributed by atoms with van der Waals surface area (Å²) >= 11 is 0. The lowest BCUT2D eigenvalue weighted by atomic mass is 10.2. The Labute approximate surface area is 148 Å². The van der Waals surface area contributed by atoms with E-state index in [1.807, 2.05) is 0 Å². The van der Waals surface area contributed by atoms with Crippen LogP contribution < -0.4 is 5.73 Å². The maximum atomic E-state index is 13.1. The van der Waals surface area contributed by atoms with Crippen LogP contribution in [0.5, 0.6) is 0 Å². The van der Waals surface area contributed by atoms with Crippen molar-refractivity contribution in [1.82, 2.24) is 29.6 Å². The summed E-state index contributed by atoms with van der Waals surface area (Å²) in [6.45, 7) is 4.68. The van der Waals surface area contributed by atoms with Gasteiger partial charge < -0.3 is 10.6 Å². The van der Waals surface area contributed by atoms with Crippen LogP contribution in [0, 0.1) is 5.95 Å². The van der Waals surface area contributed by atoms with Crippen LogP contribution in [0.1, 0.15) is 12.5 Å². The number of anilines is 1. The molecule has 3 aromatic rings. The molecule has 1 fully saturated rings. The van der Waals surface area contributed by atoms with E-state index in [4.69, 9.17) is 5.73 Å². The Morgan fingerprint density at radius 3 is 2.92 bits per heavy atom. The number of fused-ring (bicyclic) bond motifs is 1. The SMILES string of the molecule is C=CC(=O)N1CC[C@H](n2ncc3c(N)nc(-c4ccc(F)nc4)nc32)C1. The second-order valence-electron chi connectivity index (χ2n) is 6.06. The third-order valence-corrected chi connectivity index (χ3v) is 4.46. The fourth-order valence-electron chi connectivity index (χ4n) is 3.12. The smallest absolute Gasteiger partial charge is 0.246 e. The Kier molecular flexibility index (Phi) is 3.83. The van der Waals surface area contributed by atoms with E-state index >= 15 is 0 Å². The minimum absolute atomic E-state index is 0.00936. The number of carbonyl (C=O) groups excluding carboxylic acids is 1. The molecule has 0 radical (unpaired) electrons. The minimum atomic E-state index is -0.578. The number of amides is 1. The zero-order chi connectivity index (χ0) is 18.3. The van der Waals surface area contributed by atoms with Gasteiger partial charge in [-0.05, 0) is 24.6 Å². The average molecular weight is 353 g/mol. The van der Waals surface area contributed by atoms with Gasteiger partial charge >= 0.3 is 0 Å². The zero-order valence-corrected chi connectivity index (χ0v) is 13.8. The van der Waals surface area contributed by atoms with E-state index in [1.165, 1.54) is 18.3 Å². The second kappa shape index (κ2) is 6.17. The van der Waals surface area contributed by atoms with Gasteiger partial charge in [-0.2, -0.15) is 9.49 Å². The summed E-state index contributed by atoms with van der Waals surface area (Å²) in [5.74, 6) is -0.0409. The lowest BCUT2D eigenvalue weighted by molar-refractivity contribution is -0.125. The number of halogens is 1. The molecule has 0 bridgehead atoms. The monoisotopic (exact) mass is 353 g/mol. The van der Waals surface area contributed by atoms with Gasteiger partial charge in [0.25, 0.3) is 0 Å². The Bertz CT molecular complexity index is 998. The molecule has 0 aliphatic carbocycles. The third-order valence-electron chi connectivity index (χ3n) is 4.46. The van der Waals surface area contributed by atoms with E-state index in [1.54, 1.807) is 21.8 Å². The van der Waals surface area contributed by atoms with Crippen LogP contribution in [0.25, 0.3) is 22.4 Å². The van der Waals surface area contributed by atoms with Crippen molar-refractivity contribution in [2.24, 2.45) is 0 Å². The number of pyridine rings is 1. The number of carbonyl (C=O) groups is 1. The summed E-state index contributed by atoms with van der Waals surface area (Å²) in [7, 11) is 0. The molecule has 26 heavy (non-hydrogen) atoms. The van der Waals surface area contributed by atoms with Gasteiger partial charge in [0.15, 0.2) is 11.5 Å². The van der Waals surface area contributed by atoms with Crippen LogP contribution in [-0.4, -0.2) is 48.6 Å². The highest BCUT2D eigenvalue weighted by atomic mass is 19.1. The van der Waals surface area contributed by atoms with E-state index in [2.05, 4.69) is 26.6 Å². The van der Waals surface area contributed by atoms with E-state index in [0.29, 0.717) is 35.5 Å². The molecule has 3 aromatic heterocycles. The summed E-state index contributed by atoms with van der Waals surface area (Å²) < 4.78 is 14.8. The van der Waals surface area contributed by atoms with Crippen LogP contribution in [0.15, 0.2) is 37.2 Å². The fourth-order valence-corrected chi connectivity index (χ4v) is 3.12. The zero-order valence-electron chi connectivity index (χ0n) is 13.8. The number of nitrogens with zero attached hydrogens (tertiary/aromatic N) is 6. The van der Waals surface area contributed by atoms with Gasteiger partial charge in [-0.1, -0.05) is 6.58 Å². The van der Waals surface area contributed by atoms with Gasteiger partial charge in [0, 0.05) is 24.8 Å². The molecule has 8 nitrogen and oxygen atoms in total. The summed E-state index contributed by atoms with van der Waals surface area (Å²) in [4.78, 5) is 26.0. The highest BCUT2D eigenvalue weighted by Crippen LogP contribution is 2.28. The summed E-state index contributed by atoms with van der Waals surface area (Å²) in [5, 5.41) is 5.04. The third kappa shape index (κ3) is 2.67. The number of nitrogens with two attached hydrogens (primary N) is 1. The maximum Gasteiger partial charge on any atom is 0.246 e. The molecule has 1 aliphatic heterocycles. The molecule has 1 atom stereocenters. The Hall–Kier alpha value is -3.36. The van der Waals surface area contributed by atoms with Crippen molar-refractivity contribution >= 4 is 22.8 Å². The van der Waals surface area contributed by atoms with Gasteiger partial charge in [0.05, 0.1) is 17.6 Å². The van der Waals surface area contributed by atoms with Gasteiger partial charge in [0.2, 0.25) is 11.9 Å². The lowest BCUT2D eigenvalue weighted by Crippen LogP contribution is -2.27. The number of nitrogen functional groups attached to an aromatic ring is 1. The van der Waals surface area contributed by atoms with Crippen molar-refractivity contribution in [3.05, 3.63) is 43.1 Å². The predicted molar refractivity (Wildman–Crippen MR) is 93.4 cm³/mol.